The molecule has 0 bridgehead atoms. The average molecular weight is 322 g/mol. The molecule has 21 heavy (non-hydrogen) atoms. The highest BCUT2D eigenvalue weighted by molar-refractivity contribution is 7.46. The summed E-state index contributed by atoms with van der Waals surface area (Å²) in [5.74, 6) is -0.0119. The zero-order valence-electron chi connectivity index (χ0n) is 10.6. The summed E-state index contributed by atoms with van der Waals surface area (Å²) in [5.41, 5.74) is 9.98. The van der Waals surface area contributed by atoms with Crippen LogP contribution in [0.25, 0.3) is 0 Å². The minimum Gasteiger partial charge on any atom is -0.386 e. The van der Waals surface area contributed by atoms with Crippen LogP contribution in [-0.2, 0) is 13.8 Å². The van der Waals surface area contributed by atoms with Crippen LogP contribution in [0.5, 0.6) is 0 Å². The first kappa shape index (κ1) is 16.0. The van der Waals surface area contributed by atoms with Gasteiger partial charge in [-0.25, -0.2) is 9.36 Å². The third-order valence-corrected chi connectivity index (χ3v) is 3.44. The number of phosphoric acid groups is 1. The van der Waals surface area contributed by atoms with Crippen LogP contribution in [0.15, 0.2) is 17.1 Å². The van der Waals surface area contributed by atoms with Crippen molar-refractivity contribution in [1.82, 2.24) is 9.55 Å². The number of aliphatic hydroxyl groups is 1. The molecule has 2 heterocycles. The molecule has 11 nitrogen and oxygen atoms in total. The molecule has 0 saturated carbocycles. The first-order chi connectivity index (χ1) is 9.73. The predicted molar refractivity (Wildman–Crippen MR) is 68.8 cm³/mol. The van der Waals surface area contributed by atoms with E-state index in [0.717, 1.165) is 4.57 Å². The third-order valence-electron chi connectivity index (χ3n) is 2.93. The van der Waals surface area contributed by atoms with E-state index in [4.69, 9.17) is 26.0 Å². The van der Waals surface area contributed by atoms with Gasteiger partial charge in [0.05, 0.1) is 0 Å². The quantitative estimate of drug-likeness (QED) is 0.372. The van der Waals surface area contributed by atoms with Gasteiger partial charge in [0, 0.05) is 12.7 Å². The first-order valence-electron chi connectivity index (χ1n) is 5.85. The second kappa shape index (κ2) is 5.81. The fourth-order valence-electron chi connectivity index (χ4n) is 2.05. The van der Waals surface area contributed by atoms with Crippen LogP contribution in [0.1, 0.15) is 6.23 Å². The Bertz CT molecular complexity index is 616. The molecule has 1 saturated heterocycles. The number of aromatic nitrogens is 2. The van der Waals surface area contributed by atoms with Crippen molar-refractivity contribution in [2.45, 2.75) is 24.5 Å². The first-order valence-corrected chi connectivity index (χ1v) is 7.38. The molecule has 0 aliphatic carbocycles. The van der Waals surface area contributed by atoms with Crippen molar-refractivity contribution < 1.29 is 28.7 Å². The van der Waals surface area contributed by atoms with Crippen LogP contribution < -0.4 is 17.2 Å². The molecule has 1 aromatic rings. The zero-order valence-corrected chi connectivity index (χ0v) is 11.5. The molecule has 1 aliphatic heterocycles. The summed E-state index contributed by atoms with van der Waals surface area (Å²) < 4.78 is 21.7. The van der Waals surface area contributed by atoms with E-state index >= 15 is 0 Å². The molecule has 0 amide bonds. The fraction of sp³-hybridized carbons (Fsp3) is 0.556. The highest BCUT2D eigenvalue weighted by atomic mass is 31.2. The van der Waals surface area contributed by atoms with Gasteiger partial charge in [-0.2, -0.15) is 4.98 Å². The van der Waals surface area contributed by atoms with Gasteiger partial charge in [-0.1, -0.05) is 0 Å². The molecule has 1 aromatic heterocycles. The van der Waals surface area contributed by atoms with Crippen LogP contribution in [0, 0.1) is 0 Å². The molecule has 2 unspecified atom stereocenters. The summed E-state index contributed by atoms with van der Waals surface area (Å²) >= 11 is 0. The predicted octanol–water partition coefficient (Wildman–Crippen LogP) is -2.48. The molecule has 0 spiro atoms. The van der Waals surface area contributed by atoms with Gasteiger partial charge in [0.1, 0.15) is 24.1 Å². The van der Waals surface area contributed by atoms with Crippen molar-refractivity contribution in [2.75, 3.05) is 12.3 Å². The van der Waals surface area contributed by atoms with E-state index in [1.807, 2.05) is 0 Å². The van der Waals surface area contributed by atoms with E-state index in [-0.39, 0.29) is 12.4 Å². The Labute approximate surface area is 118 Å². The number of nitrogens with two attached hydrogens (primary N) is 2. The maximum atomic E-state index is 11.7. The standard InChI is InChI=1S/C9H15N4O7P/c10-3-4-7(20-21(16,17)18)6(14)8(19-4)13-2-1-5(11)12-9(13)15/h1-2,4,6-8,14H,3,10H2,(H2,11,12,15)(H2,16,17,18)/t4-,6?,7?,8-/m1/s1. The lowest BCUT2D eigenvalue weighted by Crippen LogP contribution is -2.38. The summed E-state index contributed by atoms with van der Waals surface area (Å²) in [4.78, 5) is 32.9. The van der Waals surface area contributed by atoms with Crippen molar-refractivity contribution in [1.29, 1.82) is 0 Å². The maximum Gasteiger partial charge on any atom is 0.470 e. The van der Waals surface area contributed by atoms with Gasteiger partial charge in [-0.3, -0.25) is 9.09 Å². The number of phosphoric ester groups is 1. The van der Waals surface area contributed by atoms with Crippen molar-refractivity contribution in [2.24, 2.45) is 5.73 Å². The van der Waals surface area contributed by atoms with E-state index in [9.17, 15) is 14.5 Å². The molecule has 1 aliphatic rings. The molecule has 12 heteroatoms. The molecule has 4 atom stereocenters. The van der Waals surface area contributed by atoms with Crippen LogP contribution in [0.3, 0.4) is 0 Å². The van der Waals surface area contributed by atoms with E-state index < -0.39 is 38.1 Å². The molecule has 0 aromatic carbocycles. The molecule has 7 N–H and O–H groups in total. The number of hydrogen-bond donors (Lipinski definition) is 5. The largest absolute Gasteiger partial charge is 0.470 e. The van der Waals surface area contributed by atoms with Crippen LogP contribution in [0.4, 0.5) is 5.82 Å². The Kier molecular flexibility index (Phi) is 4.44. The number of nitrogens with zero attached hydrogens (tertiary/aromatic N) is 2. The van der Waals surface area contributed by atoms with Crippen molar-refractivity contribution >= 4 is 13.6 Å². The number of rotatable bonds is 4. The van der Waals surface area contributed by atoms with E-state index in [1.54, 1.807) is 0 Å². The summed E-state index contributed by atoms with van der Waals surface area (Å²) in [7, 11) is -4.86. The highest BCUT2D eigenvalue weighted by Gasteiger charge is 2.47. The number of ether oxygens (including phenoxy) is 1. The number of nitrogen functional groups attached to an aromatic ring is 1. The van der Waals surface area contributed by atoms with E-state index in [0.29, 0.717) is 0 Å². The monoisotopic (exact) mass is 322 g/mol. The van der Waals surface area contributed by atoms with Crippen molar-refractivity contribution in [3.8, 4) is 0 Å². The maximum absolute atomic E-state index is 11.7. The Morgan fingerprint density at radius 2 is 2.19 bits per heavy atom. The lowest BCUT2D eigenvalue weighted by Gasteiger charge is -2.20. The third kappa shape index (κ3) is 3.47. The number of hydrogen-bond acceptors (Lipinski definition) is 8. The lowest BCUT2D eigenvalue weighted by molar-refractivity contribution is -0.0371. The number of anilines is 1. The minimum absolute atomic E-state index is 0.0119. The smallest absolute Gasteiger partial charge is 0.386 e. The van der Waals surface area contributed by atoms with Crippen LogP contribution >= 0.6 is 7.82 Å². The van der Waals surface area contributed by atoms with Gasteiger partial charge in [-0.05, 0) is 6.07 Å². The minimum atomic E-state index is -4.86. The van der Waals surface area contributed by atoms with E-state index in [1.165, 1.54) is 12.3 Å². The second-order valence-electron chi connectivity index (χ2n) is 4.39. The second-order valence-corrected chi connectivity index (χ2v) is 5.59. The Morgan fingerprint density at radius 3 is 2.71 bits per heavy atom. The van der Waals surface area contributed by atoms with Gasteiger partial charge >= 0.3 is 13.5 Å². The Balaban J connectivity index is 2.31. The fourth-order valence-corrected chi connectivity index (χ4v) is 2.62. The normalized spacial score (nSPS) is 29.7. The van der Waals surface area contributed by atoms with E-state index in [2.05, 4.69) is 9.51 Å². The molecular weight excluding hydrogens is 307 g/mol. The summed E-state index contributed by atoms with van der Waals surface area (Å²) in [6.45, 7) is -0.171. The van der Waals surface area contributed by atoms with Crippen LogP contribution in [-0.4, -0.2) is 49.3 Å². The summed E-state index contributed by atoms with van der Waals surface area (Å²) in [6, 6.07) is 1.31. The SMILES string of the molecule is NC[C@H]1O[C@@H](n2ccc(N)nc2=O)C(O)C1OP(=O)(O)O. The van der Waals surface area contributed by atoms with Gasteiger partial charge in [0.15, 0.2) is 6.23 Å². The summed E-state index contributed by atoms with van der Waals surface area (Å²) in [6.07, 6.45) is -3.90. The van der Waals surface area contributed by atoms with Crippen molar-refractivity contribution in [3.05, 3.63) is 22.7 Å². The van der Waals surface area contributed by atoms with Gasteiger partial charge in [0.25, 0.3) is 0 Å². The zero-order chi connectivity index (χ0) is 15.8. The molecule has 2 rings (SSSR count). The van der Waals surface area contributed by atoms with Crippen molar-refractivity contribution in [3.63, 3.8) is 0 Å². The average Bonchev–Trinajstić information content (AvgIpc) is 2.65. The summed E-state index contributed by atoms with van der Waals surface area (Å²) in [5, 5.41) is 10.1. The van der Waals surface area contributed by atoms with Gasteiger partial charge in [0.2, 0.25) is 0 Å². The number of aliphatic hydroxyl groups excluding tert-OH is 1. The Morgan fingerprint density at radius 1 is 1.52 bits per heavy atom. The van der Waals surface area contributed by atoms with Gasteiger partial charge < -0.3 is 31.1 Å². The highest BCUT2D eigenvalue weighted by Crippen LogP contribution is 2.43. The molecular formula is C9H15N4O7P. The molecule has 0 radical (unpaired) electrons. The molecule has 1 fully saturated rings. The molecule has 118 valence electrons. The Hall–Kier alpha value is -1.33. The lowest BCUT2D eigenvalue weighted by atomic mass is 10.1. The van der Waals surface area contributed by atoms with Gasteiger partial charge in [-0.15, -0.1) is 0 Å². The van der Waals surface area contributed by atoms with Crippen LogP contribution in [0.2, 0.25) is 0 Å². The topological polar surface area (TPSA) is 183 Å².